The first kappa shape index (κ1) is 23.5. The molecule has 0 radical (unpaired) electrons. The van der Waals surface area contributed by atoms with Crippen LogP contribution < -0.4 is 4.90 Å². The minimum atomic E-state index is -4.41. The van der Waals surface area contributed by atoms with Crippen LogP contribution in [0.1, 0.15) is 27.2 Å². The van der Waals surface area contributed by atoms with Crippen molar-refractivity contribution in [2.75, 3.05) is 37.7 Å². The second-order valence-electron chi connectivity index (χ2n) is 8.21. The third-order valence-corrected chi connectivity index (χ3v) is 6.03. The number of pyridine rings is 1. The van der Waals surface area contributed by atoms with Crippen LogP contribution in [-0.2, 0) is 15.7 Å². The van der Waals surface area contributed by atoms with E-state index in [9.17, 15) is 22.8 Å². The van der Waals surface area contributed by atoms with Gasteiger partial charge in [-0.15, -0.1) is 0 Å². The first-order valence-electron chi connectivity index (χ1n) is 10.9. The van der Waals surface area contributed by atoms with Gasteiger partial charge in [-0.1, -0.05) is 24.3 Å². The van der Waals surface area contributed by atoms with Crippen molar-refractivity contribution in [1.29, 1.82) is 0 Å². The summed E-state index contributed by atoms with van der Waals surface area (Å²) in [5, 5.41) is 0.845. The molecule has 1 aliphatic rings. The Morgan fingerprint density at radius 1 is 1.00 bits per heavy atom. The van der Waals surface area contributed by atoms with Crippen molar-refractivity contribution in [3.8, 4) is 0 Å². The molecule has 6 nitrogen and oxygen atoms in total. The molecule has 9 heteroatoms. The number of alkyl halides is 3. The summed E-state index contributed by atoms with van der Waals surface area (Å²) in [6.45, 7) is 4.55. The molecule has 1 aromatic heterocycles. The van der Waals surface area contributed by atoms with Crippen molar-refractivity contribution < 1.29 is 27.5 Å². The maximum Gasteiger partial charge on any atom is 0.416 e. The van der Waals surface area contributed by atoms with E-state index in [0.717, 1.165) is 28.6 Å². The Morgan fingerprint density at radius 2 is 1.71 bits per heavy atom. The number of carbonyl (C=O) groups excluding carboxylic acids is 2. The topological polar surface area (TPSA) is 62.7 Å². The number of nitrogens with zero attached hydrogens (tertiary/aromatic N) is 3. The van der Waals surface area contributed by atoms with Gasteiger partial charge in [-0.2, -0.15) is 13.2 Å². The summed E-state index contributed by atoms with van der Waals surface area (Å²) in [6.07, 6.45) is -4.41. The van der Waals surface area contributed by atoms with Crippen LogP contribution in [0.4, 0.5) is 18.9 Å². The maximum absolute atomic E-state index is 13.0. The van der Waals surface area contributed by atoms with E-state index in [1.807, 2.05) is 31.2 Å². The van der Waals surface area contributed by atoms with Crippen LogP contribution in [0, 0.1) is 13.8 Å². The van der Waals surface area contributed by atoms with E-state index in [1.54, 1.807) is 22.8 Å². The molecule has 0 unspecified atom stereocenters. The zero-order valence-corrected chi connectivity index (χ0v) is 18.9. The number of rotatable bonds is 4. The lowest BCUT2D eigenvalue weighted by Gasteiger charge is -2.36. The Bertz CT molecular complexity index is 1240. The number of amides is 1. The number of hydrogen-bond acceptors (Lipinski definition) is 5. The number of piperazine rings is 1. The molecule has 1 saturated heterocycles. The summed E-state index contributed by atoms with van der Waals surface area (Å²) >= 11 is 0. The number of aromatic nitrogens is 1. The van der Waals surface area contributed by atoms with Crippen molar-refractivity contribution in [2.45, 2.75) is 20.0 Å². The van der Waals surface area contributed by atoms with Gasteiger partial charge in [-0.3, -0.25) is 9.78 Å². The van der Waals surface area contributed by atoms with Crippen LogP contribution in [0.15, 0.2) is 48.5 Å². The molecule has 0 saturated carbocycles. The van der Waals surface area contributed by atoms with Crippen LogP contribution in [0.3, 0.4) is 0 Å². The molecule has 1 amide bonds. The smallest absolute Gasteiger partial charge is 0.416 e. The average Bonchev–Trinajstić information content (AvgIpc) is 2.82. The minimum Gasteiger partial charge on any atom is -0.452 e. The molecule has 1 aliphatic heterocycles. The number of para-hydroxylation sites is 1. The van der Waals surface area contributed by atoms with Gasteiger partial charge in [0.15, 0.2) is 6.61 Å². The van der Waals surface area contributed by atoms with E-state index in [-0.39, 0.29) is 5.91 Å². The Labute approximate surface area is 194 Å². The van der Waals surface area contributed by atoms with Crippen molar-refractivity contribution in [2.24, 2.45) is 0 Å². The molecule has 2 aromatic carbocycles. The van der Waals surface area contributed by atoms with Gasteiger partial charge >= 0.3 is 12.1 Å². The fourth-order valence-electron chi connectivity index (χ4n) is 4.22. The molecule has 0 N–H and O–H groups in total. The largest absolute Gasteiger partial charge is 0.452 e. The summed E-state index contributed by atoms with van der Waals surface area (Å²) < 4.78 is 44.3. The number of halogens is 3. The second-order valence-corrected chi connectivity index (χ2v) is 8.21. The summed E-state index contributed by atoms with van der Waals surface area (Å²) in [7, 11) is 0. The predicted molar refractivity (Wildman–Crippen MR) is 122 cm³/mol. The molecule has 4 rings (SSSR count). The van der Waals surface area contributed by atoms with Gasteiger partial charge in [0.05, 0.1) is 22.3 Å². The first-order chi connectivity index (χ1) is 16.1. The molecule has 1 fully saturated rings. The third-order valence-electron chi connectivity index (χ3n) is 6.03. The minimum absolute atomic E-state index is 0.322. The molecular formula is C25H24F3N3O3. The Morgan fingerprint density at radius 3 is 2.41 bits per heavy atom. The zero-order chi connectivity index (χ0) is 24.5. The van der Waals surface area contributed by atoms with Gasteiger partial charge in [0.1, 0.15) is 0 Å². The van der Waals surface area contributed by atoms with Crippen molar-refractivity contribution in [1.82, 2.24) is 9.88 Å². The Hall–Kier alpha value is -3.62. The lowest BCUT2D eigenvalue weighted by atomic mass is 10.0. The maximum atomic E-state index is 13.0. The highest BCUT2D eigenvalue weighted by Gasteiger charge is 2.31. The highest BCUT2D eigenvalue weighted by molar-refractivity contribution is 5.99. The number of anilines is 1. The number of carbonyl (C=O) groups is 2. The SMILES string of the molecule is Cc1nc2ccccc2c(C)c1C(=O)OCC(=O)N1CCN(c2cccc(C(F)(F)F)c2)CC1. The molecular weight excluding hydrogens is 447 g/mol. The van der Waals surface area contributed by atoms with E-state index in [4.69, 9.17) is 4.74 Å². The van der Waals surface area contributed by atoms with E-state index >= 15 is 0 Å². The number of fused-ring (bicyclic) bond motifs is 1. The molecule has 0 atom stereocenters. The van der Waals surface area contributed by atoms with Crippen LogP contribution in [0.2, 0.25) is 0 Å². The Kier molecular flexibility index (Phi) is 6.45. The normalized spacial score (nSPS) is 14.4. The first-order valence-corrected chi connectivity index (χ1v) is 10.9. The van der Waals surface area contributed by atoms with Crippen LogP contribution >= 0.6 is 0 Å². The second kappa shape index (κ2) is 9.32. The zero-order valence-electron chi connectivity index (χ0n) is 18.9. The number of aryl methyl sites for hydroxylation is 2. The summed E-state index contributed by atoms with van der Waals surface area (Å²) in [6, 6.07) is 12.6. The van der Waals surface area contributed by atoms with Crippen molar-refractivity contribution in [3.63, 3.8) is 0 Å². The van der Waals surface area contributed by atoms with E-state index in [2.05, 4.69) is 4.98 Å². The predicted octanol–water partition coefficient (Wildman–Crippen LogP) is 4.38. The number of esters is 1. The van der Waals surface area contributed by atoms with Gasteiger partial charge in [0.2, 0.25) is 0 Å². The fourth-order valence-corrected chi connectivity index (χ4v) is 4.22. The molecule has 178 valence electrons. The molecule has 0 aliphatic carbocycles. The fraction of sp³-hybridized carbons (Fsp3) is 0.320. The van der Waals surface area contributed by atoms with Gasteiger partial charge in [0.25, 0.3) is 5.91 Å². The molecule has 2 heterocycles. The van der Waals surface area contributed by atoms with Gasteiger partial charge in [-0.05, 0) is 43.7 Å². The van der Waals surface area contributed by atoms with Gasteiger partial charge in [-0.25, -0.2) is 4.79 Å². The van der Waals surface area contributed by atoms with Crippen LogP contribution in [-0.4, -0.2) is 54.5 Å². The number of ether oxygens (including phenoxy) is 1. The summed E-state index contributed by atoms with van der Waals surface area (Å²) in [5.74, 6) is -0.953. The van der Waals surface area contributed by atoms with E-state index < -0.39 is 24.3 Å². The lowest BCUT2D eigenvalue weighted by Crippen LogP contribution is -2.50. The van der Waals surface area contributed by atoms with Gasteiger partial charge in [0, 0.05) is 37.3 Å². The van der Waals surface area contributed by atoms with E-state index in [0.29, 0.717) is 43.1 Å². The molecule has 3 aromatic rings. The molecule has 0 bridgehead atoms. The summed E-state index contributed by atoms with van der Waals surface area (Å²) in [5.41, 5.74) is 2.16. The lowest BCUT2D eigenvalue weighted by molar-refractivity contribution is -0.137. The summed E-state index contributed by atoms with van der Waals surface area (Å²) in [4.78, 5) is 33.2. The number of benzene rings is 2. The number of hydrogen-bond donors (Lipinski definition) is 0. The van der Waals surface area contributed by atoms with Crippen molar-refractivity contribution >= 4 is 28.5 Å². The van der Waals surface area contributed by atoms with Crippen LogP contribution in [0.25, 0.3) is 10.9 Å². The standard InChI is InChI=1S/C25H24F3N3O3/c1-16-20-8-3-4-9-21(20)29-17(2)23(16)24(33)34-15-22(32)31-12-10-30(11-13-31)19-7-5-6-18(14-19)25(26,27)28/h3-9,14H,10-13,15H2,1-2H3. The monoisotopic (exact) mass is 471 g/mol. The Balaban J connectivity index is 1.35. The molecule has 0 spiro atoms. The third kappa shape index (κ3) is 4.83. The van der Waals surface area contributed by atoms with E-state index in [1.165, 1.54) is 6.07 Å². The highest BCUT2D eigenvalue weighted by atomic mass is 19.4. The van der Waals surface area contributed by atoms with Crippen LogP contribution in [0.5, 0.6) is 0 Å². The average molecular weight is 471 g/mol. The quantitative estimate of drug-likeness (QED) is 0.529. The highest BCUT2D eigenvalue weighted by Crippen LogP contribution is 2.32. The van der Waals surface area contributed by atoms with Gasteiger partial charge < -0.3 is 14.5 Å². The molecule has 34 heavy (non-hydrogen) atoms. The van der Waals surface area contributed by atoms with Crippen molar-refractivity contribution in [3.05, 3.63) is 70.9 Å².